The average Bonchev–Trinajstić information content (AvgIpc) is 3.11. The SMILES string of the molecule is CCNc1c(F)c(Cl)c(-c2ccc3nc(NC(=O)[C@@H]4C[C@@H]4F)sc3n2)c2cn[nH]c12. The van der Waals surface area contributed by atoms with Gasteiger partial charge in [-0.15, -0.1) is 0 Å². The molecule has 4 aromatic rings. The molecule has 1 aromatic carbocycles. The molecule has 7 nitrogen and oxygen atoms in total. The monoisotopic (exact) mass is 448 g/mol. The number of H-pyrrole nitrogens is 1. The van der Waals surface area contributed by atoms with E-state index in [1.165, 1.54) is 0 Å². The molecule has 1 amide bonds. The van der Waals surface area contributed by atoms with Gasteiger partial charge in [0.15, 0.2) is 10.9 Å². The zero-order valence-corrected chi connectivity index (χ0v) is 17.2. The molecule has 0 unspecified atom stereocenters. The summed E-state index contributed by atoms with van der Waals surface area (Å²) in [5, 5.41) is 13.3. The van der Waals surface area contributed by atoms with E-state index < -0.39 is 17.9 Å². The van der Waals surface area contributed by atoms with Crippen LogP contribution in [-0.2, 0) is 4.79 Å². The van der Waals surface area contributed by atoms with E-state index >= 15 is 0 Å². The van der Waals surface area contributed by atoms with Crippen molar-refractivity contribution in [2.24, 2.45) is 5.92 Å². The first kappa shape index (κ1) is 19.1. The van der Waals surface area contributed by atoms with E-state index in [0.29, 0.717) is 44.2 Å². The Morgan fingerprint density at radius 1 is 1.40 bits per heavy atom. The molecule has 30 heavy (non-hydrogen) atoms. The van der Waals surface area contributed by atoms with Gasteiger partial charge in [-0.25, -0.2) is 18.7 Å². The molecule has 1 aliphatic rings. The van der Waals surface area contributed by atoms with Gasteiger partial charge in [0.25, 0.3) is 0 Å². The van der Waals surface area contributed by atoms with Crippen molar-refractivity contribution in [1.29, 1.82) is 0 Å². The van der Waals surface area contributed by atoms with Crippen molar-refractivity contribution < 1.29 is 13.6 Å². The zero-order chi connectivity index (χ0) is 21.0. The van der Waals surface area contributed by atoms with Crippen molar-refractivity contribution in [2.75, 3.05) is 17.2 Å². The fourth-order valence-corrected chi connectivity index (χ4v) is 4.48. The van der Waals surface area contributed by atoms with Gasteiger partial charge in [-0.1, -0.05) is 22.9 Å². The van der Waals surface area contributed by atoms with Gasteiger partial charge in [-0.2, -0.15) is 5.10 Å². The number of thiazole rings is 1. The van der Waals surface area contributed by atoms with E-state index in [0.717, 1.165) is 11.3 Å². The Bertz CT molecular complexity index is 1310. The van der Waals surface area contributed by atoms with E-state index in [1.54, 1.807) is 18.3 Å². The van der Waals surface area contributed by atoms with Crippen LogP contribution in [0.25, 0.3) is 32.5 Å². The molecule has 154 valence electrons. The Balaban J connectivity index is 1.57. The van der Waals surface area contributed by atoms with Crippen LogP contribution < -0.4 is 10.6 Å². The lowest BCUT2D eigenvalue weighted by Crippen LogP contribution is -2.14. The number of halogens is 3. The van der Waals surface area contributed by atoms with Crippen molar-refractivity contribution in [3.05, 3.63) is 29.2 Å². The maximum Gasteiger partial charge on any atom is 0.232 e. The van der Waals surface area contributed by atoms with Crippen LogP contribution in [0.3, 0.4) is 0 Å². The van der Waals surface area contributed by atoms with Crippen LogP contribution in [0.2, 0.25) is 5.02 Å². The molecule has 3 heterocycles. The molecule has 5 rings (SSSR count). The Labute approximate surface area is 177 Å². The average molecular weight is 449 g/mol. The number of anilines is 2. The highest BCUT2D eigenvalue weighted by molar-refractivity contribution is 7.22. The quantitative estimate of drug-likeness (QED) is 0.409. The third-order valence-corrected chi connectivity index (χ3v) is 6.17. The predicted molar refractivity (Wildman–Crippen MR) is 113 cm³/mol. The third-order valence-electron chi connectivity index (χ3n) is 4.94. The van der Waals surface area contributed by atoms with Crippen molar-refractivity contribution in [1.82, 2.24) is 20.2 Å². The number of hydrogen-bond acceptors (Lipinski definition) is 6. The molecular weight excluding hydrogens is 434 g/mol. The summed E-state index contributed by atoms with van der Waals surface area (Å²) in [6.45, 7) is 2.38. The number of carbonyl (C=O) groups is 1. The molecule has 1 aliphatic carbocycles. The summed E-state index contributed by atoms with van der Waals surface area (Å²) in [5.74, 6) is -1.58. The number of aromatic nitrogens is 4. The molecule has 11 heteroatoms. The largest absolute Gasteiger partial charge is 0.381 e. The molecule has 1 saturated carbocycles. The smallest absolute Gasteiger partial charge is 0.232 e. The van der Waals surface area contributed by atoms with Crippen molar-refractivity contribution in [3.63, 3.8) is 0 Å². The van der Waals surface area contributed by atoms with Gasteiger partial charge in [0, 0.05) is 17.5 Å². The molecule has 3 aromatic heterocycles. The van der Waals surface area contributed by atoms with Gasteiger partial charge in [-0.3, -0.25) is 9.89 Å². The second-order valence-corrected chi connectivity index (χ2v) is 8.31. The minimum Gasteiger partial charge on any atom is -0.381 e. The van der Waals surface area contributed by atoms with Crippen molar-refractivity contribution in [3.8, 4) is 11.3 Å². The van der Waals surface area contributed by atoms with Gasteiger partial charge in [-0.05, 0) is 25.5 Å². The first-order chi connectivity index (χ1) is 14.5. The van der Waals surface area contributed by atoms with Crippen LogP contribution in [0.15, 0.2) is 18.3 Å². The highest BCUT2D eigenvalue weighted by atomic mass is 35.5. The third kappa shape index (κ3) is 3.07. The maximum atomic E-state index is 15.0. The normalized spacial score (nSPS) is 18.1. The van der Waals surface area contributed by atoms with Crippen LogP contribution in [0.1, 0.15) is 13.3 Å². The Morgan fingerprint density at radius 2 is 2.20 bits per heavy atom. The lowest BCUT2D eigenvalue weighted by Gasteiger charge is -2.12. The number of nitrogens with one attached hydrogen (secondary N) is 3. The van der Waals surface area contributed by atoms with E-state index in [2.05, 4.69) is 30.8 Å². The second kappa shape index (κ2) is 7.13. The molecule has 0 spiro atoms. The molecule has 0 saturated heterocycles. The molecule has 2 atom stereocenters. The summed E-state index contributed by atoms with van der Waals surface area (Å²) in [5.41, 5.74) is 2.19. The summed E-state index contributed by atoms with van der Waals surface area (Å²) < 4.78 is 28.0. The first-order valence-electron chi connectivity index (χ1n) is 9.28. The van der Waals surface area contributed by atoms with Gasteiger partial charge in [0.05, 0.1) is 34.0 Å². The van der Waals surface area contributed by atoms with E-state index in [4.69, 9.17) is 11.6 Å². The Morgan fingerprint density at radius 3 is 2.93 bits per heavy atom. The number of rotatable bonds is 5. The number of nitrogens with zero attached hydrogens (tertiary/aromatic N) is 3. The highest BCUT2D eigenvalue weighted by Gasteiger charge is 2.43. The minimum atomic E-state index is -1.08. The van der Waals surface area contributed by atoms with Crippen LogP contribution in [0.4, 0.5) is 19.6 Å². The fraction of sp³-hybridized carbons (Fsp3) is 0.263. The topological polar surface area (TPSA) is 95.6 Å². The number of amides is 1. The molecule has 1 fully saturated rings. The summed E-state index contributed by atoms with van der Waals surface area (Å²) in [6, 6.07) is 3.41. The number of carbonyl (C=O) groups excluding carboxylic acids is 1. The van der Waals surface area contributed by atoms with Crippen molar-refractivity contribution in [2.45, 2.75) is 19.5 Å². The van der Waals surface area contributed by atoms with Crippen LogP contribution in [0.5, 0.6) is 0 Å². The van der Waals surface area contributed by atoms with Crippen LogP contribution in [0, 0.1) is 11.7 Å². The maximum absolute atomic E-state index is 15.0. The second-order valence-electron chi connectivity index (χ2n) is 6.95. The molecule has 0 aliphatic heterocycles. The predicted octanol–water partition coefficient (Wildman–Crippen LogP) is 4.76. The number of fused-ring (bicyclic) bond motifs is 2. The summed E-state index contributed by atoms with van der Waals surface area (Å²) in [6.07, 6.45) is 0.736. The number of pyridine rings is 1. The highest BCUT2D eigenvalue weighted by Crippen LogP contribution is 2.41. The lowest BCUT2D eigenvalue weighted by atomic mass is 10.0. The Hall–Kier alpha value is -2.85. The van der Waals surface area contributed by atoms with Gasteiger partial charge in [0.1, 0.15) is 16.5 Å². The first-order valence-corrected chi connectivity index (χ1v) is 10.5. The van der Waals surface area contributed by atoms with E-state index in [9.17, 15) is 13.6 Å². The van der Waals surface area contributed by atoms with Gasteiger partial charge in [0.2, 0.25) is 5.91 Å². The molecule has 0 bridgehead atoms. The standard InChI is InChI=1S/C19H15ClF2N6OS/c1-2-23-16-14(22)13(20)12(8-6-24-28-15(8)16)10-3-4-11-18(25-10)30-19(26-11)27-17(29)7-5-9(7)21/h3-4,6-7,9,23H,2,5H2,1H3,(H,24,28)(H,26,27,29)/t7-,9+/m1/s1. The van der Waals surface area contributed by atoms with Crippen molar-refractivity contribution >= 4 is 60.9 Å². The number of alkyl halides is 1. The van der Waals surface area contributed by atoms with Gasteiger partial charge >= 0.3 is 0 Å². The number of hydrogen-bond donors (Lipinski definition) is 3. The molecule has 0 radical (unpaired) electrons. The lowest BCUT2D eigenvalue weighted by molar-refractivity contribution is -0.117. The number of benzene rings is 1. The van der Waals surface area contributed by atoms with E-state index in [-0.39, 0.29) is 23.0 Å². The minimum absolute atomic E-state index is 0.0625. The summed E-state index contributed by atoms with van der Waals surface area (Å²) in [4.78, 5) is 21.4. The fourth-order valence-electron chi connectivity index (χ4n) is 3.35. The van der Waals surface area contributed by atoms with E-state index in [1.807, 2.05) is 6.92 Å². The van der Waals surface area contributed by atoms with Crippen LogP contribution in [-0.4, -0.2) is 38.8 Å². The summed E-state index contributed by atoms with van der Waals surface area (Å²) >= 11 is 7.54. The van der Waals surface area contributed by atoms with Crippen LogP contribution >= 0.6 is 22.9 Å². The number of aromatic amines is 1. The Kier molecular flexibility index (Phi) is 4.55. The zero-order valence-electron chi connectivity index (χ0n) is 15.6. The molecular formula is C19H15ClF2N6OS. The summed E-state index contributed by atoms with van der Waals surface area (Å²) in [7, 11) is 0. The van der Waals surface area contributed by atoms with Gasteiger partial charge < -0.3 is 10.6 Å². The molecule has 3 N–H and O–H groups in total.